The monoisotopic (exact) mass is 309 g/mol. The first-order chi connectivity index (χ1) is 10.1. The molecular formula is C15H20FN3OS. The number of hydrogen-bond acceptors (Lipinski definition) is 5. The molecule has 1 aromatic heterocycles. The molecule has 0 aliphatic rings. The molecule has 0 radical (unpaired) electrons. The largest absolute Gasteiger partial charge is 0.339 e. The normalized spacial score (nSPS) is 14.1. The van der Waals surface area contributed by atoms with E-state index in [2.05, 4.69) is 36.2 Å². The highest BCUT2D eigenvalue weighted by atomic mass is 32.2. The van der Waals surface area contributed by atoms with Crippen molar-refractivity contribution in [3.8, 4) is 0 Å². The highest BCUT2D eigenvalue weighted by Crippen LogP contribution is 2.23. The second-order valence-electron chi connectivity index (χ2n) is 4.93. The Hall–Kier alpha value is -1.40. The highest BCUT2D eigenvalue weighted by Gasteiger charge is 2.19. The lowest BCUT2D eigenvalue weighted by Crippen LogP contribution is -2.30. The molecule has 0 amide bonds. The van der Waals surface area contributed by atoms with E-state index < -0.39 is 0 Å². The SMILES string of the molecule is CCNC(C)C(C)c1nc(CSc2ccc(F)cc2)no1. The van der Waals surface area contributed by atoms with Crippen molar-refractivity contribution in [3.63, 3.8) is 0 Å². The number of benzene rings is 1. The van der Waals surface area contributed by atoms with E-state index in [0.717, 1.165) is 11.4 Å². The summed E-state index contributed by atoms with van der Waals surface area (Å²) in [5.41, 5.74) is 0. The molecule has 0 fully saturated rings. The summed E-state index contributed by atoms with van der Waals surface area (Å²) in [5.74, 6) is 1.86. The summed E-state index contributed by atoms with van der Waals surface area (Å²) >= 11 is 1.56. The fraction of sp³-hybridized carbons (Fsp3) is 0.467. The van der Waals surface area contributed by atoms with Crippen molar-refractivity contribution in [2.75, 3.05) is 6.54 Å². The Morgan fingerprint density at radius 1 is 1.29 bits per heavy atom. The number of halogens is 1. The molecule has 2 aromatic rings. The van der Waals surface area contributed by atoms with Gasteiger partial charge in [-0.15, -0.1) is 11.8 Å². The van der Waals surface area contributed by atoms with Gasteiger partial charge in [-0.3, -0.25) is 0 Å². The van der Waals surface area contributed by atoms with Crippen molar-refractivity contribution >= 4 is 11.8 Å². The molecule has 1 aromatic carbocycles. The molecule has 2 unspecified atom stereocenters. The molecule has 0 spiro atoms. The van der Waals surface area contributed by atoms with E-state index in [0.29, 0.717) is 17.5 Å². The lowest BCUT2D eigenvalue weighted by atomic mass is 10.0. The van der Waals surface area contributed by atoms with Gasteiger partial charge >= 0.3 is 0 Å². The highest BCUT2D eigenvalue weighted by molar-refractivity contribution is 7.98. The average molecular weight is 309 g/mol. The first-order valence-electron chi connectivity index (χ1n) is 7.04. The van der Waals surface area contributed by atoms with Crippen LogP contribution in [0.1, 0.15) is 38.4 Å². The van der Waals surface area contributed by atoms with Gasteiger partial charge in [0.25, 0.3) is 0 Å². The molecule has 0 saturated heterocycles. The minimum Gasteiger partial charge on any atom is -0.339 e. The van der Waals surface area contributed by atoms with Crippen molar-refractivity contribution in [2.24, 2.45) is 0 Å². The van der Waals surface area contributed by atoms with Gasteiger partial charge in [0.1, 0.15) is 5.82 Å². The van der Waals surface area contributed by atoms with Crippen LogP contribution >= 0.6 is 11.8 Å². The third-order valence-electron chi connectivity index (χ3n) is 3.33. The zero-order valence-corrected chi connectivity index (χ0v) is 13.3. The standard InChI is InChI=1S/C15H20FN3OS/c1-4-17-11(3)10(2)15-18-14(19-20-15)9-21-13-7-5-12(16)6-8-13/h5-8,10-11,17H,4,9H2,1-3H3. The zero-order valence-electron chi connectivity index (χ0n) is 12.5. The molecule has 6 heteroatoms. The van der Waals surface area contributed by atoms with Gasteiger partial charge in [-0.1, -0.05) is 19.0 Å². The maximum absolute atomic E-state index is 12.8. The molecule has 0 aliphatic heterocycles. The Balaban J connectivity index is 1.92. The first-order valence-corrected chi connectivity index (χ1v) is 8.03. The third kappa shape index (κ3) is 4.54. The Morgan fingerprint density at radius 2 is 2.00 bits per heavy atom. The third-order valence-corrected chi connectivity index (χ3v) is 4.34. The number of thioether (sulfide) groups is 1. The van der Waals surface area contributed by atoms with E-state index in [-0.39, 0.29) is 17.8 Å². The number of likely N-dealkylation sites (N-methyl/N-ethyl adjacent to an activating group) is 1. The van der Waals surface area contributed by atoms with E-state index in [9.17, 15) is 4.39 Å². The van der Waals surface area contributed by atoms with Crippen molar-refractivity contribution in [2.45, 2.75) is 43.4 Å². The average Bonchev–Trinajstić information content (AvgIpc) is 2.95. The van der Waals surface area contributed by atoms with Gasteiger partial charge in [-0.2, -0.15) is 4.98 Å². The maximum Gasteiger partial charge on any atom is 0.231 e. The van der Waals surface area contributed by atoms with Gasteiger partial charge in [-0.25, -0.2) is 4.39 Å². The van der Waals surface area contributed by atoms with Crippen LogP contribution in [0.25, 0.3) is 0 Å². The van der Waals surface area contributed by atoms with Crippen molar-refractivity contribution in [1.29, 1.82) is 0 Å². The summed E-state index contributed by atoms with van der Waals surface area (Å²) in [5, 5.41) is 7.35. The summed E-state index contributed by atoms with van der Waals surface area (Å²) in [4.78, 5) is 5.42. The molecule has 114 valence electrons. The van der Waals surface area contributed by atoms with Gasteiger partial charge in [0, 0.05) is 10.9 Å². The number of aromatic nitrogens is 2. The molecule has 21 heavy (non-hydrogen) atoms. The van der Waals surface area contributed by atoms with Crippen LogP contribution in [0, 0.1) is 5.82 Å². The Morgan fingerprint density at radius 3 is 2.67 bits per heavy atom. The molecular weight excluding hydrogens is 289 g/mol. The van der Waals surface area contributed by atoms with Gasteiger partial charge in [0.15, 0.2) is 5.82 Å². The van der Waals surface area contributed by atoms with E-state index in [1.165, 1.54) is 12.1 Å². The van der Waals surface area contributed by atoms with E-state index in [4.69, 9.17) is 4.52 Å². The second kappa shape index (κ2) is 7.56. The summed E-state index contributed by atoms with van der Waals surface area (Å²) in [6.45, 7) is 7.15. The van der Waals surface area contributed by atoms with Gasteiger partial charge < -0.3 is 9.84 Å². The Kier molecular flexibility index (Phi) is 5.76. The maximum atomic E-state index is 12.8. The predicted molar refractivity (Wildman–Crippen MR) is 81.8 cm³/mol. The summed E-state index contributed by atoms with van der Waals surface area (Å²) < 4.78 is 18.2. The van der Waals surface area contributed by atoms with Gasteiger partial charge in [0.05, 0.1) is 11.7 Å². The molecule has 0 bridgehead atoms. The van der Waals surface area contributed by atoms with Gasteiger partial charge in [0.2, 0.25) is 5.89 Å². The van der Waals surface area contributed by atoms with Gasteiger partial charge in [-0.05, 0) is 37.7 Å². The van der Waals surface area contributed by atoms with Crippen LogP contribution in [-0.2, 0) is 5.75 Å². The zero-order chi connectivity index (χ0) is 15.2. The van der Waals surface area contributed by atoms with Crippen LogP contribution in [0.5, 0.6) is 0 Å². The topological polar surface area (TPSA) is 51.0 Å². The second-order valence-corrected chi connectivity index (χ2v) is 5.98. The lowest BCUT2D eigenvalue weighted by Gasteiger charge is -2.16. The fourth-order valence-electron chi connectivity index (χ4n) is 1.90. The molecule has 2 atom stereocenters. The van der Waals surface area contributed by atoms with Crippen LogP contribution in [0.15, 0.2) is 33.7 Å². The Labute approximate surface area is 128 Å². The molecule has 0 saturated carbocycles. The molecule has 1 N–H and O–H groups in total. The van der Waals surface area contributed by atoms with Crippen molar-refractivity contribution < 1.29 is 8.91 Å². The van der Waals surface area contributed by atoms with E-state index >= 15 is 0 Å². The van der Waals surface area contributed by atoms with E-state index in [1.807, 2.05) is 0 Å². The van der Waals surface area contributed by atoms with Crippen LogP contribution in [-0.4, -0.2) is 22.7 Å². The fourth-order valence-corrected chi connectivity index (χ4v) is 2.64. The summed E-state index contributed by atoms with van der Waals surface area (Å²) in [6.07, 6.45) is 0. The molecule has 2 rings (SSSR count). The molecule has 1 heterocycles. The number of nitrogens with one attached hydrogen (secondary N) is 1. The van der Waals surface area contributed by atoms with Crippen LogP contribution in [0.4, 0.5) is 4.39 Å². The predicted octanol–water partition coefficient (Wildman–Crippen LogP) is 3.60. The van der Waals surface area contributed by atoms with Crippen LogP contribution in [0.3, 0.4) is 0 Å². The quantitative estimate of drug-likeness (QED) is 0.792. The smallest absolute Gasteiger partial charge is 0.231 e. The minimum absolute atomic E-state index is 0.169. The van der Waals surface area contributed by atoms with Crippen LogP contribution < -0.4 is 5.32 Å². The van der Waals surface area contributed by atoms with Crippen molar-refractivity contribution in [3.05, 3.63) is 41.8 Å². The molecule has 4 nitrogen and oxygen atoms in total. The van der Waals surface area contributed by atoms with E-state index in [1.54, 1.807) is 23.9 Å². The number of rotatable bonds is 7. The lowest BCUT2D eigenvalue weighted by molar-refractivity contribution is 0.330. The Bertz CT molecular complexity index is 558. The molecule has 0 aliphatic carbocycles. The first kappa shape index (κ1) is 16.0. The summed E-state index contributed by atoms with van der Waals surface area (Å²) in [7, 11) is 0. The summed E-state index contributed by atoms with van der Waals surface area (Å²) in [6, 6.07) is 6.68. The number of hydrogen-bond donors (Lipinski definition) is 1. The van der Waals surface area contributed by atoms with Crippen molar-refractivity contribution in [1.82, 2.24) is 15.5 Å². The number of nitrogens with zero attached hydrogens (tertiary/aromatic N) is 2. The van der Waals surface area contributed by atoms with Crippen LogP contribution in [0.2, 0.25) is 0 Å². The minimum atomic E-state index is -0.229.